The van der Waals surface area contributed by atoms with Crippen molar-refractivity contribution in [2.24, 2.45) is 0 Å². The Bertz CT molecular complexity index is 339. The van der Waals surface area contributed by atoms with Crippen LogP contribution in [-0.2, 0) is 32.2 Å². The molecule has 0 aromatic rings. The summed E-state index contributed by atoms with van der Waals surface area (Å²) in [5.41, 5.74) is 0. The zero-order chi connectivity index (χ0) is 18.7. The Hall–Kier alpha value is -0.0631. The average Bonchev–Trinajstić information content (AvgIpc) is 3.56. The monoisotopic (exact) mass is 392 g/mol. The number of unbranched alkanes of at least 4 members (excludes halogenated alkanes) is 2. The van der Waals surface area contributed by atoms with Gasteiger partial charge in [-0.1, -0.05) is 19.8 Å². The van der Waals surface area contributed by atoms with Gasteiger partial charge in [0.25, 0.3) is 0 Å². The number of hydrogen-bond acceptors (Lipinski definition) is 7. The zero-order valence-corrected chi connectivity index (χ0v) is 17.6. The van der Waals surface area contributed by atoms with Gasteiger partial charge in [-0.15, -0.1) is 0 Å². The molecule has 2 rings (SSSR count). The van der Waals surface area contributed by atoms with E-state index in [1.165, 1.54) is 0 Å². The van der Waals surface area contributed by atoms with Crippen LogP contribution in [0.15, 0.2) is 0 Å². The fourth-order valence-electron chi connectivity index (χ4n) is 2.74. The molecule has 0 amide bonds. The second-order valence-corrected chi connectivity index (χ2v) is 9.84. The standard InChI is InChI=1S/C18H36O7Si/c1-4-5-6-11-26(19-2,20-3)25-16(7-9-21-12-17-14-23-17)8-10-22-13-18-15-24-18/h16-18H,4-15H2,1-3H3. The smallest absolute Gasteiger partial charge is 0.379 e. The minimum atomic E-state index is -2.64. The van der Waals surface area contributed by atoms with Gasteiger partial charge in [0, 0.05) is 33.5 Å². The van der Waals surface area contributed by atoms with Gasteiger partial charge in [0.1, 0.15) is 12.2 Å². The molecule has 26 heavy (non-hydrogen) atoms. The van der Waals surface area contributed by atoms with E-state index >= 15 is 0 Å². The fourth-order valence-corrected chi connectivity index (χ4v) is 5.05. The number of rotatable bonds is 18. The molecule has 2 aliphatic rings. The highest BCUT2D eigenvalue weighted by Gasteiger charge is 2.40. The van der Waals surface area contributed by atoms with E-state index in [-0.39, 0.29) is 18.3 Å². The van der Waals surface area contributed by atoms with E-state index in [1.807, 2.05) is 0 Å². The van der Waals surface area contributed by atoms with Crippen LogP contribution in [-0.4, -0.2) is 81.0 Å². The van der Waals surface area contributed by atoms with Crippen molar-refractivity contribution >= 4 is 8.80 Å². The fraction of sp³-hybridized carbons (Fsp3) is 1.00. The molecule has 0 radical (unpaired) electrons. The van der Waals surface area contributed by atoms with Crippen molar-refractivity contribution in [1.29, 1.82) is 0 Å². The van der Waals surface area contributed by atoms with E-state index in [1.54, 1.807) is 14.2 Å². The second kappa shape index (κ2) is 12.4. The third kappa shape index (κ3) is 9.23. The molecule has 8 heteroatoms. The van der Waals surface area contributed by atoms with Gasteiger partial charge in [0.2, 0.25) is 0 Å². The van der Waals surface area contributed by atoms with Crippen molar-refractivity contribution in [2.45, 2.75) is 63.4 Å². The molecule has 2 heterocycles. The highest BCUT2D eigenvalue weighted by atomic mass is 28.4. The summed E-state index contributed by atoms with van der Waals surface area (Å²) in [4.78, 5) is 0. The molecule has 0 aromatic carbocycles. The molecule has 0 N–H and O–H groups in total. The summed E-state index contributed by atoms with van der Waals surface area (Å²) in [6, 6.07) is 0.845. The van der Waals surface area contributed by atoms with E-state index in [0.717, 1.165) is 51.4 Å². The summed E-state index contributed by atoms with van der Waals surface area (Å²) in [7, 11) is 0.746. The van der Waals surface area contributed by atoms with Crippen molar-refractivity contribution in [3.05, 3.63) is 0 Å². The van der Waals surface area contributed by atoms with E-state index < -0.39 is 8.80 Å². The minimum Gasteiger partial charge on any atom is -0.379 e. The third-order valence-electron chi connectivity index (χ3n) is 4.64. The van der Waals surface area contributed by atoms with E-state index in [0.29, 0.717) is 26.4 Å². The molecule has 2 fully saturated rings. The number of ether oxygens (including phenoxy) is 4. The summed E-state index contributed by atoms with van der Waals surface area (Å²) in [5, 5.41) is 0. The first-order valence-corrected chi connectivity index (χ1v) is 11.8. The van der Waals surface area contributed by atoms with E-state index in [9.17, 15) is 0 Å². The van der Waals surface area contributed by atoms with Gasteiger partial charge >= 0.3 is 8.80 Å². The minimum absolute atomic E-state index is 0.00318. The van der Waals surface area contributed by atoms with Crippen LogP contribution in [0.25, 0.3) is 0 Å². The quantitative estimate of drug-likeness (QED) is 0.201. The molecule has 2 atom stereocenters. The normalized spacial score (nSPS) is 23.2. The van der Waals surface area contributed by atoms with Crippen molar-refractivity contribution in [3.8, 4) is 0 Å². The summed E-state index contributed by atoms with van der Waals surface area (Å²) in [6.07, 6.45) is 5.55. The van der Waals surface area contributed by atoms with Crippen LogP contribution in [0, 0.1) is 0 Å². The summed E-state index contributed by atoms with van der Waals surface area (Å²) in [5.74, 6) is 0. The van der Waals surface area contributed by atoms with Crippen LogP contribution < -0.4 is 0 Å². The predicted octanol–water partition coefficient (Wildman–Crippen LogP) is 2.40. The van der Waals surface area contributed by atoms with Crippen molar-refractivity contribution in [2.75, 3.05) is 53.9 Å². The topological polar surface area (TPSA) is 71.2 Å². The Balaban J connectivity index is 1.76. The molecular weight excluding hydrogens is 356 g/mol. The molecule has 2 saturated heterocycles. The summed E-state index contributed by atoms with van der Waals surface area (Å²) in [6.45, 7) is 6.43. The lowest BCUT2D eigenvalue weighted by Gasteiger charge is -2.31. The number of epoxide rings is 2. The predicted molar refractivity (Wildman–Crippen MR) is 99.3 cm³/mol. The van der Waals surface area contributed by atoms with Gasteiger partial charge in [0.05, 0.1) is 32.5 Å². The maximum Gasteiger partial charge on any atom is 0.500 e. The first-order chi connectivity index (χ1) is 12.7. The highest BCUT2D eigenvalue weighted by molar-refractivity contribution is 6.60. The summed E-state index contributed by atoms with van der Waals surface area (Å²) >= 11 is 0. The lowest BCUT2D eigenvalue weighted by Crippen LogP contribution is -2.47. The summed E-state index contributed by atoms with van der Waals surface area (Å²) < 4.78 is 39.6. The second-order valence-electron chi connectivity index (χ2n) is 6.93. The van der Waals surface area contributed by atoms with Crippen LogP contribution in [0.2, 0.25) is 6.04 Å². The van der Waals surface area contributed by atoms with Gasteiger partial charge in [-0.2, -0.15) is 0 Å². The molecule has 7 nitrogen and oxygen atoms in total. The first kappa shape index (κ1) is 22.2. The van der Waals surface area contributed by atoms with Crippen molar-refractivity contribution in [3.63, 3.8) is 0 Å². The molecule has 0 bridgehead atoms. The number of hydrogen-bond donors (Lipinski definition) is 0. The lowest BCUT2D eigenvalue weighted by molar-refractivity contribution is 0.00922. The van der Waals surface area contributed by atoms with Crippen LogP contribution in [0.4, 0.5) is 0 Å². The molecule has 0 aliphatic carbocycles. The van der Waals surface area contributed by atoms with Crippen LogP contribution in [0.5, 0.6) is 0 Å². The van der Waals surface area contributed by atoms with Gasteiger partial charge in [0.15, 0.2) is 0 Å². The molecule has 154 valence electrons. The lowest BCUT2D eigenvalue weighted by atomic mass is 10.2. The highest BCUT2D eigenvalue weighted by Crippen LogP contribution is 2.23. The van der Waals surface area contributed by atoms with Crippen LogP contribution in [0.1, 0.15) is 39.0 Å². The Morgan fingerprint density at radius 3 is 1.88 bits per heavy atom. The first-order valence-electron chi connectivity index (χ1n) is 9.88. The molecule has 2 aliphatic heterocycles. The Morgan fingerprint density at radius 2 is 1.46 bits per heavy atom. The molecule has 0 aromatic heterocycles. The Labute approximate surface area is 158 Å². The molecule has 0 spiro atoms. The van der Waals surface area contributed by atoms with Crippen LogP contribution in [0.3, 0.4) is 0 Å². The van der Waals surface area contributed by atoms with E-state index in [2.05, 4.69) is 6.92 Å². The largest absolute Gasteiger partial charge is 0.500 e. The van der Waals surface area contributed by atoms with Crippen molar-refractivity contribution < 1.29 is 32.2 Å². The van der Waals surface area contributed by atoms with Gasteiger partial charge in [-0.3, -0.25) is 0 Å². The Morgan fingerprint density at radius 1 is 0.923 bits per heavy atom. The zero-order valence-electron chi connectivity index (χ0n) is 16.6. The average molecular weight is 393 g/mol. The van der Waals surface area contributed by atoms with E-state index in [4.69, 9.17) is 32.2 Å². The molecule has 2 unspecified atom stereocenters. The van der Waals surface area contributed by atoms with Gasteiger partial charge in [-0.25, -0.2) is 0 Å². The van der Waals surface area contributed by atoms with Crippen molar-refractivity contribution in [1.82, 2.24) is 0 Å². The maximum absolute atomic E-state index is 6.40. The van der Waals surface area contributed by atoms with Gasteiger partial charge < -0.3 is 32.2 Å². The van der Waals surface area contributed by atoms with Gasteiger partial charge in [-0.05, 0) is 19.3 Å². The SMILES string of the molecule is CCCCC[Si](OC)(OC)OC(CCOCC1CO1)CCOCC1CO1. The molecular formula is C18H36O7Si. The molecule has 0 saturated carbocycles. The Kier molecular flexibility index (Phi) is 10.6. The maximum atomic E-state index is 6.40. The third-order valence-corrected chi connectivity index (χ3v) is 7.54. The van der Waals surface area contributed by atoms with Crippen LogP contribution >= 0.6 is 0 Å².